The smallest absolute Gasteiger partial charge is 0.274 e. The Labute approximate surface area is 113 Å². The molecule has 19 heavy (non-hydrogen) atoms. The molecule has 0 aliphatic heterocycles. The molecule has 0 radical (unpaired) electrons. The summed E-state index contributed by atoms with van der Waals surface area (Å²) in [6.07, 6.45) is 3.00. The molecular weight excluding hydrogens is 242 g/mol. The minimum atomic E-state index is -0.196. The lowest BCUT2D eigenvalue weighted by Crippen LogP contribution is -2.34. The number of nitriles is 1. The zero-order valence-electron chi connectivity index (χ0n) is 11.6. The van der Waals surface area contributed by atoms with Crippen molar-refractivity contribution in [3.63, 3.8) is 0 Å². The Morgan fingerprint density at radius 1 is 1.47 bits per heavy atom. The summed E-state index contributed by atoms with van der Waals surface area (Å²) in [7, 11) is 0. The minimum Gasteiger partial charge on any atom is -0.369 e. The quantitative estimate of drug-likeness (QED) is 0.839. The second-order valence-corrected chi connectivity index (χ2v) is 4.19. The zero-order valence-corrected chi connectivity index (χ0v) is 11.6. The SMILES string of the molecule is CCNc1cnc(C(=O)N(CC)CC(C)C#N)cn1. The number of amides is 1. The topological polar surface area (TPSA) is 81.9 Å². The van der Waals surface area contributed by atoms with E-state index in [0.717, 1.165) is 6.54 Å². The highest BCUT2D eigenvalue weighted by Gasteiger charge is 2.18. The predicted molar refractivity (Wildman–Crippen MR) is 72.6 cm³/mol. The molecule has 0 aliphatic rings. The highest BCUT2D eigenvalue weighted by atomic mass is 16.2. The number of hydrogen-bond donors (Lipinski definition) is 1. The number of anilines is 1. The fraction of sp³-hybridized carbons (Fsp3) is 0.538. The van der Waals surface area contributed by atoms with Crippen LogP contribution in [-0.2, 0) is 0 Å². The van der Waals surface area contributed by atoms with Crippen LogP contribution in [0.3, 0.4) is 0 Å². The van der Waals surface area contributed by atoms with Crippen LogP contribution in [0.25, 0.3) is 0 Å². The summed E-state index contributed by atoms with van der Waals surface area (Å²) in [5.74, 6) is 0.255. The molecule has 6 nitrogen and oxygen atoms in total. The van der Waals surface area contributed by atoms with Crippen LogP contribution in [0.15, 0.2) is 12.4 Å². The van der Waals surface area contributed by atoms with Crippen LogP contribution in [0, 0.1) is 17.2 Å². The Bertz CT molecular complexity index is 451. The van der Waals surface area contributed by atoms with Crippen LogP contribution in [0.4, 0.5) is 5.82 Å². The van der Waals surface area contributed by atoms with Gasteiger partial charge in [0.25, 0.3) is 5.91 Å². The van der Waals surface area contributed by atoms with Crippen LogP contribution in [0.1, 0.15) is 31.3 Å². The molecule has 0 bridgehead atoms. The van der Waals surface area contributed by atoms with Crippen molar-refractivity contribution in [1.29, 1.82) is 5.26 Å². The Balaban J connectivity index is 2.77. The Kier molecular flexibility index (Phi) is 5.73. The van der Waals surface area contributed by atoms with Crippen molar-refractivity contribution in [3.05, 3.63) is 18.1 Å². The van der Waals surface area contributed by atoms with E-state index in [9.17, 15) is 4.79 Å². The van der Waals surface area contributed by atoms with E-state index in [-0.39, 0.29) is 11.8 Å². The Hall–Kier alpha value is -2.16. The lowest BCUT2D eigenvalue weighted by atomic mass is 10.2. The highest BCUT2D eigenvalue weighted by molar-refractivity contribution is 5.92. The first-order valence-corrected chi connectivity index (χ1v) is 6.37. The number of nitrogens with zero attached hydrogens (tertiary/aromatic N) is 4. The van der Waals surface area contributed by atoms with Gasteiger partial charge in [-0.3, -0.25) is 4.79 Å². The third-order valence-electron chi connectivity index (χ3n) is 2.61. The summed E-state index contributed by atoms with van der Waals surface area (Å²) in [5.41, 5.74) is 0.300. The van der Waals surface area contributed by atoms with Crippen LogP contribution >= 0.6 is 0 Å². The summed E-state index contributed by atoms with van der Waals surface area (Å²) in [6, 6.07) is 2.12. The molecule has 1 heterocycles. The van der Waals surface area contributed by atoms with Gasteiger partial charge in [-0.05, 0) is 20.8 Å². The molecule has 6 heteroatoms. The molecule has 1 N–H and O–H groups in total. The molecule has 0 fully saturated rings. The molecule has 1 aromatic heterocycles. The van der Waals surface area contributed by atoms with Gasteiger partial charge < -0.3 is 10.2 Å². The van der Waals surface area contributed by atoms with Gasteiger partial charge in [0.15, 0.2) is 0 Å². The van der Waals surface area contributed by atoms with Crippen molar-refractivity contribution >= 4 is 11.7 Å². The van der Waals surface area contributed by atoms with E-state index in [2.05, 4.69) is 21.4 Å². The summed E-state index contributed by atoms with van der Waals surface area (Å²) < 4.78 is 0. The number of carbonyl (C=O) groups excluding carboxylic acids is 1. The van der Waals surface area contributed by atoms with Gasteiger partial charge in [0.2, 0.25) is 0 Å². The van der Waals surface area contributed by atoms with Crippen molar-refractivity contribution in [1.82, 2.24) is 14.9 Å². The summed E-state index contributed by atoms with van der Waals surface area (Å²) in [6.45, 7) is 7.33. The van der Waals surface area contributed by atoms with Gasteiger partial charge in [0, 0.05) is 19.6 Å². The van der Waals surface area contributed by atoms with Gasteiger partial charge in [0.05, 0.1) is 24.4 Å². The molecule has 0 saturated heterocycles. The molecule has 102 valence electrons. The molecule has 1 unspecified atom stereocenters. The molecule has 1 aromatic rings. The molecule has 1 amide bonds. The highest BCUT2D eigenvalue weighted by Crippen LogP contribution is 2.06. The van der Waals surface area contributed by atoms with Gasteiger partial charge >= 0.3 is 0 Å². The van der Waals surface area contributed by atoms with E-state index in [0.29, 0.717) is 24.6 Å². The van der Waals surface area contributed by atoms with Crippen molar-refractivity contribution in [2.24, 2.45) is 5.92 Å². The maximum absolute atomic E-state index is 12.2. The maximum Gasteiger partial charge on any atom is 0.274 e. The fourth-order valence-electron chi connectivity index (χ4n) is 1.60. The van der Waals surface area contributed by atoms with Gasteiger partial charge in [-0.15, -0.1) is 0 Å². The van der Waals surface area contributed by atoms with E-state index < -0.39 is 0 Å². The van der Waals surface area contributed by atoms with Crippen molar-refractivity contribution < 1.29 is 4.79 Å². The van der Waals surface area contributed by atoms with Gasteiger partial charge in [-0.25, -0.2) is 9.97 Å². The van der Waals surface area contributed by atoms with Crippen LogP contribution in [-0.4, -0.2) is 40.4 Å². The number of hydrogen-bond acceptors (Lipinski definition) is 5. The fourth-order valence-corrected chi connectivity index (χ4v) is 1.60. The molecule has 1 rings (SSSR count). The first kappa shape index (κ1) is 14.9. The standard InChI is InChI=1S/C13H19N5O/c1-4-15-12-8-16-11(7-17-12)13(19)18(5-2)9-10(3)6-14/h7-8,10H,4-5,9H2,1-3H3,(H,15,17). The lowest BCUT2D eigenvalue weighted by Gasteiger charge is -2.21. The largest absolute Gasteiger partial charge is 0.369 e. The third kappa shape index (κ3) is 4.21. The monoisotopic (exact) mass is 261 g/mol. The minimum absolute atomic E-state index is 0.194. The van der Waals surface area contributed by atoms with E-state index >= 15 is 0 Å². The van der Waals surface area contributed by atoms with Gasteiger partial charge in [-0.2, -0.15) is 5.26 Å². The molecular formula is C13H19N5O. The second kappa shape index (κ2) is 7.31. The first-order chi connectivity index (χ1) is 9.12. The van der Waals surface area contributed by atoms with Gasteiger partial charge in [0.1, 0.15) is 11.5 Å². The molecule has 1 atom stereocenters. The van der Waals surface area contributed by atoms with E-state index in [1.54, 1.807) is 11.8 Å². The normalized spacial score (nSPS) is 11.5. The van der Waals surface area contributed by atoms with Crippen LogP contribution < -0.4 is 5.32 Å². The number of rotatable bonds is 6. The second-order valence-electron chi connectivity index (χ2n) is 4.19. The van der Waals surface area contributed by atoms with Crippen molar-refractivity contribution in [2.75, 3.05) is 25.0 Å². The van der Waals surface area contributed by atoms with Crippen molar-refractivity contribution in [3.8, 4) is 6.07 Å². The molecule has 0 spiro atoms. The summed E-state index contributed by atoms with van der Waals surface area (Å²) >= 11 is 0. The zero-order chi connectivity index (χ0) is 14.3. The van der Waals surface area contributed by atoms with Gasteiger partial charge in [-0.1, -0.05) is 0 Å². The number of nitrogens with one attached hydrogen (secondary N) is 1. The van der Waals surface area contributed by atoms with Crippen LogP contribution in [0.5, 0.6) is 0 Å². The average Bonchev–Trinajstić information content (AvgIpc) is 2.45. The van der Waals surface area contributed by atoms with E-state index in [4.69, 9.17) is 5.26 Å². The summed E-state index contributed by atoms with van der Waals surface area (Å²) in [4.78, 5) is 22.0. The molecule has 0 aliphatic carbocycles. The average molecular weight is 261 g/mol. The lowest BCUT2D eigenvalue weighted by molar-refractivity contribution is 0.0746. The predicted octanol–water partition coefficient (Wildman–Crippen LogP) is 1.53. The number of aromatic nitrogens is 2. The summed E-state index contributed by atoms with van der Waals surface area (Å²) in [5, 5.41) is 11.8. The Morgan fingerprint density at radius 3 is 2.68 bits per heavy atom. The van der Waals surface area contributed by atoms with Crippen LogP contribution in [0.2, 0.25) is 0 Å². The molecule has 0 aromatic carbocycles. The molecule has 0 saturated carbocycles. The van der Waals surface area contributed by atoms with E-state index in [1.807, 2.05) is 13.8 Å². The first-order valence-electron chi connectivity index (χ1n) is 6.37. The maximum atomic E-state index is 12.2. The van der Waals surface area contributed by atoms with E-state index in [1.165, 1.54) is 12.4 Å². The third-order valence-corrected chi connectivity index (χ3v) is 2.61. The Morgan fingerprint density at radius 2 is 2.21 bits per heavy atom. The van der Waals surface area contributed by atoms with Crippen molar-refractivity contribution in [2.45, 2.75) is 20.8 Å². The number of carbonyl (C=O) groups is 1.